The van der Waals surface area contributed by atoms with Crippen LogP contribution in [0.5, 0.6) is 0 Å². The van der Waals surface area contributed by atoms with Crippen molar-refractivity contribution in [2.45, 2.75) is 12.8 Å². The largest absolute Gasteiger partial charge is 0.481 e. The molecule has 102 valence electrons. The second kappa shape index (κ2) is 17.1. The molecule has 0 atom stereocenters. The SMILES string of the molecule is O=C(O)CCC(=O)O.O=C(O)CS.OCCO. The molecule has 0 aliphatic heterocycles. The van der Waals surface area contributed by atoms with E-state index >= 15 is 0 Å². The van der Waals surface area contributed by atoms with Crippen molar-refractivity contribution in [3.05, 3.63) is 0 Å². The summed E-state index contributed by atoms with van der Waals surface area (Å²) in [6.45, 7) is -0.250. The second-order valence-electron chi connectivity index (χ2n) is 2.29. The minimum absolute atomic E-state index is 0.0833. The maximum atomic E-state index is 9.64. The highest BCUT2D eigenvalue weighted by molar-refractivity contribution is 7.81. The van der Waals surface area contributed by atoms with Crippen molar-refractivity contribution in [3.63, 3.8) is 0 Å². The van der Waals surface area contributed by atoms with E-state index in [-0.39, 0.29) is 31.8 Å². The van der Waals surface area contributed by atoms with E-state index in [0.717, 1.165) is 0 Å². The average Bonchev–Trinajstić information content (AvgIpc) is 2.27. The van der Waals surface area contributed by atoms with Crippen LogP contribution in [0.4, 0.5) is 0 Å². The Balaban J connectivity index is -0.000000188. The number of carboxylic acids is 3. The Morgan fingerprint density at radius 1 is 0.765 bits per heavy atom. The van der Waals surface area contributed by atoms with Gasteiger partial charge in [-0.1, -0.05) is 0 Å². The van der Waals surface area contributed by atoms with Crippen LogP contribution < -0.4 is 0 Å². The van der Waals surface area contributed by atoms with E-state index < -0.39 is 17.9 Å². The molecule has 0 aromatic carbocycles. The van der Waals surface area contributed by atoms with Crippen molar-refractivity contribution >= 4 is 30.5 Å². The van der Waals surface area contributed by atoms with Gasteiger partial charge in [0.1, 0.15) is 0 Å². The van der Waals surface area contributed by atoms with Crippen molar-refractivity contribution in [2.75, 3.05) is 19.0 Å². The third kappa shape index (κ3) is 52.9. The van der Waals surface area contributed by atoms with Crippen molar-refractivity contribution in [2.24, 2.45) is 0 Å². The predicted molar refractivity (Wildman–Crippen MR) is 60.2 cm³/mol. The molecular weight excluding hydrogens is 256 g/mol. The van der Waals surface area contributed by atoms with Gasteiger partial charge in [-0.2, -0.15) is 12.6 Å². The van der Waals surface area contributed by atoms with Gasteiger partial charge in [0.25, 0.3) is 0 Å². The lowest BCUT2D eigenvalue weighted by atomic mass is 10.3. The first-order valence-corrected chi connectivity index (χ1v) is 4.92. The van der Waals surface area contributed by atoms with Crippen LogP contribution in [0, 0.1) is 0 Å². The zero-order valence-electron chi connectivity index (χ0n) is 8.94. The minimum Gasteiger partial charge on any atom is -0.481 e. The first-order valence-electron chi connectivity index (χ1n) is 4.29. The Morgan fingerprint density at radius 2 is 1.00 bits per heavy atom. The molecule has 8 nitrogen and oxygen atoms in total. The fraction of sp³-hybridized carbons (Fsp3) is 0.625. The summed E-state index contributed by atoms with van der Waals surface area (Å²) in [7, 11) is 0. The lowest BCUT2D eigenvalue weighted by molar-refractivity contribution is -0.143. The van der Waals surface area contributed by atoms with E-state index in [1.165, 1.54) is 0 Å². The summed E-state index contributed by atoms with van der Waals surface area (Å²) < 4.78 is 0. The highest BCUT2D eigenvalue weighted by Crippen LogP contribution is 1.86. The van der Waals surface area contributed by atoms with Crippen LogP contribution in [0.3, 0.4) is 0 Å². The number of carbonyl (C=O) groups is 3. The molecule has 9 heteroatoms. The summed E-state index contributed by atoms with van der Waals surface area (Å²) in [6, 6.07) is 0. The third-order valence-electron chi connectivity index (χ3n) is 0.788. The van der Waals surface area contributed by atoms with Gasteiger partial charge in [-0.25, -0.2) is 0 Å². The van der Waals surface area contributed by atoms with Gasteiger partial charge in [-0.15, -0.1) is 0 Å². The van der Waals surface area contributed by atoms with Crippen molar-refractivity contribution in [1.29, 1.82) is 0 Å². The Labute approximate surface area is 103 Å². The highest BCUT2D eigenvalue weighted by Gasteiger charge is 2.00. The zero-order chi connectivity index (χ0) is 14.3. The summed E-state index contributed by atoms with van der Waals surface area (Å²) in [5.41, 5.74) is 0. The molecular formula is C8H16O8S. The van der Waals surface area contributed by atoms with E-state index in [0.29, 0.717) is 0 Å². The Hall–Kier alpha value is -1.32. The number of thiol groups is 1. The number of rotatable bonds is 5. The molecule has 0 radical (unpaired) electrons. The zero-order valence-corrected chi connectivity index (χ0v) is 9.84. The highest BCUT2D eigenvalue weighted by atomic mass is 32.1. The van der Waals surface area contributed by atoms with Crippen LogP contribution in [0.25, 0.3) is 0 Å². The van der Waals surface area contributed by atoms with Crippen molar-refractivity contribution in [1.82, 2.24) is 0 Å². The molecule has 0 aromatic heterocycles. The standard InChI is InChI=1S/C4H6O4.C2H4O2S.C2H6O2/c5-3(6)1-2-4(7)8;3-2(4)1-5;3-1-2-4/h1-2H2,(H,5,6)(H,7,8);5H,1H2,(H,3,4);3-4H,1-2H2. The van der Waals surface area contributed by atoms with Gasteiger partial charge < -0.3 is 25.5 Å². The lowest BCUT2D eigenvalue weighted by Gasteiger charge is -1.85. The van der Waals surface area contributed by atoms with Crippen LogP contribution in [-0.2, 0) is 14.4 Å². The molecule has 0 aromatic rings. The fourth-order valence-corrected chi connectivity index (χ4v) is 0.214. The summed E-state index contributed by atoms with van der Waals surface area (Å²) >= 11 is 3.42. The first-order chi connectivity index (χ1) is 7.81. The molecule has 0 amide bonds. The van der Waals surface area contributed by atoms with Gasteiger partial charge in [0.2, 0.25) is 0 Å². The van der Waals surface area contributed by atoms with E-state index in [2.05, 4.69) is 12.6 Å². The normalized spacial score (nSPS) is 7.94. The van der Waals surface area contributed by atoms with Crippen molar-refractivity contribution in [3.8, 4) is 0 Å². The maximum Gasteiger partial charge on any atom is 0.313 e. The van der Waals surface area contributed by atoms with E-state index in [1.807, 2.05) is 0 Å². The Bertz CT molecular complexity index is 202. The van der Waals surface area contributed by atoms with Crippen LogP contribution in [0.2, 0.25) is 0 Å². The number of hydrogen-bond donors (Lipinski definition) is 6. The van der Waals surface area contributed by atoms with Crippen molar-refractivity contribution < 1.29 is 39.9 Å². The van der Waals surface area contributed by atoms with Crippen LogP contribution in [0.15, 0.2) is 0 Å². The molecule has 5 N–H and O–H groups in total. The molecule has 0 saturated carbocycles. The van der Waals surface area contributed by atoms with Gasteiger partial charge >= 0.3 is 17.9 Å². The quantitative estimate of drug-likeness (QED) is 0.345. The molecule has 17 heavy (non-hydrogen) atoms. The van der Waals surface area contributed by atoms with Gasteiger partial charge in [0, 0.05) is 0 Å². The molecule has 0 heterocycles. The molecule has 0 rings (SSSR count). The van der Waals surface area contributed by atoms with E-state index in [1.54, 1.807) is 0 Å². The van der Waals surface area contributed by atoms with Gasteiger partial charge in [0.15, 0.2) is 0 Å². The molecule has 0 saturated heterocycles. The van der Waals surface area contributed by atoms with Gasteiger partial charge in [0.05, 0.1) is 31.8 Å². The second-order valence-corrected chi connectivity index (χ2v) is 2.60. The monoisotopic (exact) mass is 272 g/mol. The number of aliphatic hydroxyl groups excluding tert-OH is 2. The number of aliphatic carboxylic acids is 3. The molecule has 0 aliphatic rings. The Kier molecular flexibility index (Phi) is 21.1. The van der Waals surface area contributed by atoms with Gasteiger partial charge in [-0.3, -0.25) is 14.4 Å². The molecule has 0 aliphatic carbocycles. The summed E-state index contributed by atoms with van der Waals surface area (Å²) in [4.78, 5) is 28.6. The Morgan fingerprint density at radius 3 is 1.06 bits per heavy atom. The molecule has 0 spiro atoms. The molecule has 0 bridgehead atoms. The predicted octanol–water partition coefficient (Wildman–Crippen LogP) is -1.09. The smallest absolute Gasteiger partial charge is 0.313 e. The average molecular weight is 272 g/mol. The molecule has 0 unspecified atom stereocenters. The molecule has 0 fully saturated rings. The summed E-state index contributed by atoms with van der Waals surface area (Å²) in [5.74, 6) is -3.12. The van der Waals surface area contributed by atoms with Crippen LogP contribution in [0.1, 0.15) is 12.8 Å². The van der Waals surface area contributed by atoms with Crippen LogP contribution in [-0.4, -0.2) is 62.4 Å². The lowest BCUT2D eigenvalue weighted by Crippen LogP contribution is -2.00. The number of aliphatic hydroxyl groups is 2. The van der Waals surface area contributed by atoms with E-state index in [9.17, 15) is 14.4 Å². The van der Waals surface area contributed by atoms with E-state index in [4.69, 9.17) is 25.5 Å². The number of carboxylic acid groups (broad SMARTS) is 3. The topological polar surface area (TPSA) is 152 Å². The summed E-state index contributed by atoms with van der Waals surface area (Å²) in [6.07, 6.45) is -0.593. The third-order valence-corrected chi connectivity index (χ3v) is 1.06. The summed E-state index contributed by atoms with van der Waals surface area (Å²) in [5, 5.41) is 38.7. The minimum atomic E-state index is -1.08. The van der Waals surface area contributed by atoms with Gasteiger partial charge in [-0.05, 0) is 0 Å². The fourth-order valence-electron chi connectivity index (χ4n) is 0.214. The number of hydrogen-bond acceptors (Lipinski definition) is 6. The first kappa shape index (κ1) is 21.0. The van der Waals surface area contributed by atoms with Crippen LogP contribution >= 0.6 is 12.6 Å². The maximum absolute atomic E-state index is 9.64.